The van der Waals surface area contributed by atoms with Crippen molar-refractivity contribution in [3.63, 3.8) is 0 Å². The Morgan fingerprint density at radius 3 is 2.62 bits per heavy atom. The summed E-state index contributed by atoms with van der Waals surface area (Å²) in [7, 11) is 1.94. The van der Waals surface area contributed by atoms with Gasteiger partial charge in [-0.15, -0.1) is 0 Å². The lowest BCUT2D eigenvalue weighted by Crippen LogP contribution is -2.45. The van der Waals surface area contributed by atoms with Crippen molar-refractivity contribution in [1.82, 2.24) is 24.4 Å². The van der Waals surface area contributed by atoms with E-state index in [1.807, 2.05) is 23.4 Å². The van der Waals surface area contributed by atoms with E-state index < -0.39 is 0 Å². The molecule has 4 rings (SSSR count). The maximum absolute atomic E-state index is 12.7. The normalized spacial score (nSPS) is 19.9. The SMILES string of the molecule is Cn1cnc2c(N3CCC(C(=O)N4CCSCC4)CC3)ncnc21. The molecule has 0 atom stereocenters. The molecule has 2 aliphatic rings. The third-order valence-corrected chi connectivity index (χ3v) is 5.89. The Hall–Kier alpha value is -1.83. The van der Waals surface area contributed by atoms with Crippen molar-refractivity contribution in [3.8, 4) is 0 Å². The van der Waals surface area contributed by atoms with Crippen molar-refractivity contribution in [2.45, 2.75) is 12.8 Å². The highest BCUT2D eigenvalue weighted by Gasteiger charge is 2.30. The molecule has 7 nitrogen and oxygen atoms in total. The van der Waals surface area contributed by atoms with Crippen LogP contribution in [0.5, 0.6) is 0 Å². The molecule has 2 aromatic heterocycles. The molecule has 8 heteroatoms. The zero-order valence-corrected chi connectivity index (χ0v) is 14.7. The molecule has 2 aromatic rings. The standard InChI is InChI=1S/C16H22N6OS/c1-20-11-19-13-14(20)17-10-18-15(13)21-4-2-12(3-5-21)16(23)22-6-8-24-9-7-22/h10-12H,2-9H2,1H3. The summed E-state index contributed by atoms with van der Waals surface area (Å²) in [5, 5.41) is 0. The van der Waals surface area contributed by atoms with Crippen LogP contribution in [0.1, 0.15) is 12.8 Å². The van der Waals surface area contributed by atoms with E-state index in [4.69, 9.17) is 0 Å². The minimum atomic E-state index is 0.158. The number of anilines is 1. The van der Waals surface area contributed by atoms with E-state index in [-0.39, 0.29) is 5.92 Å². The minimum absolute atomic E-state index is 0.158. The van der Waals surface area contributed by atoms with Crippen molar-refractivity contribution in [1.29, 1.82) is 0 Å². The fraction of sp³-hybridized carbons (Fsp3) is 0.625. The van der Waals surface area contributed by atoms with Gasteiger partial charge in [0.2, 0.25) is 5.91 Å². The molecule has 4 heterocycles. The molecule has 0 saturated carbocycles. The molecule has 24 heavy (non-hydrogen) atoms. The summed E-state index contributed by atoms with van der Waals surface area (Å²) in [6, 6.07) is 0. The van der Waals surface area contributed by atoms with Crippen molar-refractivity contribution >= 4 is 34.7 Å². The lowest BCUT2D eigenvalue weighted by molar-refractivity contribution is -0.135. The van der Waals surface area contributed by atoms with Crippen molar-refractivity contribution in [2.75, 3.05) is 42.6 Å². The lowest BCUT2D eigenvalue weighted by Gasteiger charge is -2.35. The fourth-order valence-electron chi connectivity index (χ4n) is 3.54. The first kappa shape index (κ1) is 15.7. The van der Waals surface area contributed by atoms with Crippen LogP contribution in [0.3, 0.4) is 0 Å². The fourth-order valence-corrected chi connectivity index (χ4v) is 4.45. The Morgan fingerprint density at radius 1 is 1.12 bits per heavy atom. The van der Waals surface area contributed by atoms with Crippen LogP contribution in [-0.4, -0.2) is 68.0 Å². The highest BCUT2D eigenvalue weighted by molar-refractivity contribution is 7.99. The van der Waals surface area contributed by atoms with Gasteiger partial charge in [0.25, 0.3) is 0 Å². The van der Waals surface area contributed by atoms with Gasteiger partial charge < -0.3 is 14.4 Å². The number of carbonyl (C=O) groups excluding carboxylic acids is 1. The quantitative estimate of drug-likeness (QED) is 0.813. The number of rotatable bonds is 2. The molecule has 0 unspecified atom stereocenters. The van der Waals surface area contributed by atoms with Gasteiger partial charge in [-0.2, -0.15) is 11.8 Å². The Bertz CT molecular complexity index is 733. The van der Waals surface area contributed by atoms with Gasteiger partial charge in [0.15, 0.2) is 17.0 Å². The molecule has 0 N–H and O–H groups in total. The van der Waals surface area contributed by atoms with Crippen molar-refractivity contribution < 1.29 is 4.79 Å². The van der Waals surface area contributed by atoms with E-state index >= 15 is 0 Å². The second-order valence-corrected chi connectivity index (χ2v) is 7.65. The molecule has 0 aromatic carbocycles. The number of hydrogen-bond acceptors (Lipinski definition) is 6. The van der Waals surface area contributed by atoms with Gasteiger partial charge in [-0.05, 0) is 12.8 Å². The zero-order valence-electron chi connectivity index (χ0n) is 13.9. The van der Waals surface area contributed by atoms with Crippen LogP contribution in [0, 0.1) is 5.92 Å². The summed E-state index contributed by atoms with van der Waals surface area (Å²) in [4.78, 5) is 30.2. The number of piperidine rings is 1. The topological polar surface area (TPSA) is 67.2 Å². The Morgan fingerprint density at radius 2 is 1.88 bits per heavy atom. The first-order valence-electron chi connectivity index (χ1n) is 8.47. The number of fused-ring (bicyclic) bond motifs is 1. The number of amides is 1. The molecule has 0 spiro atoms. The third kappa shape index (κ3) is 2.83. The van der Waals surface area contributed by atoms with E-state index in [9.17, 15) is 4.79 Å². The van der Waals surface area contributed by atoms with Crippen LogP contribution < -0.4 is 4.90 Å². The van der Waals surface area contributed by atoms with Gasteiger partial charge in [-0.1, -0.05) is 0 Å². The number of aryl methyl sites for hydroxylation is 1. The number of thioether (sulfide) groups is 1. The molecule has 0 aliphatic carbocycles. The number of nitrogens with zero attached hydrogens (tertiary/aromatic N) is 6. The highest BCUT2D eigenvalue weighted by atomic mass is 32.2. The molecule has 2 aliphatic heterocycles. The molecule has 1 amide bonds. The second kappa shape index (κ2) is 6.58. The maximum Gasteiger partial charge on any atom is 0.225 e. The van der Waals surface area contributed by atoms with Gasteiger partial charge in [0, 0.05) is 50.7 Å². The van der Waals surface area contributed by atoms with Crippen molar-refractivity contribution in [3.05, 3.63) is 12.7 Å². The molecule has 2 saturated heterocycles. The summed E-state index contributed by atoms with van der Waals surface area (Å²) in [6.45, 7) is 3.51. The maximum atomic E-state index is 12.7. The van der Waals surface area contributed by atoms with Gasteiger partial charge in [-0.25, -0.2) is 15.0 Å². The molecular formula is C16H22N6OS. The van der Waals surface area contributed by atoms with Gasteiger partial charge in [0.05, 0.1) is 6.33 Å². The van der Waals surface area contributed by atoms with Gasteiger partial charge >= 0.3 is 0 Å². The average Bonchev–Trinajstić information content (AvgIpc) is 3.03. The van der Waals surface area contributed by atoms with Crippen molar-refractivity contribution in [2.24, 2.45) is 13.0 Å². The summed E-state index contributed by atoms with van der Waals surface area (Å²) >= 11 is 1.94. The minimum Gasteiger partial charge on any atom is -0.355 e. The van der Waals surface area contributed by atoms with Crippen LogP contribution >= 0.6 is 11.8 Å². The molecule has 0 radical (unpaired) electrons. The molecule has 2 fully saturated rings. The monoisotopic (exact) mass is 346 g/mol. The Labute approximate surface area is 145 Å². The predicted octanol–water partition coefficient (Wildman–Crippen LogP) is 1.16. The highest BCUT2D eigenvalue weighted by Crippen LogP contribution is 2.27. The summed E-state index contributed by atoms with van der Waals surface area (Å²) < 4.78 is 1.91. The average molecular weight is 346 g/mol. The van der Waals surface area contributed by atoms with E-state index in [1.54, 1.807) is 12.7 Å². The second-order valence-electron chi connectivity index (χ2n) is 6.42. The van der Waals surface area contributed by atoms with Crippen LogP contribution in [0.2, 0.25) is 0 Å². The first-order valence-corrected chi connectivity index (χ1v) is 9.63. The summed E-state index contributed by atoms with van der Waals surface area (Å²) in [5.74, 6) is 3.54. The molecule has 0 bridgehead atoms. The summed E-state index contributed by atoms with van der Waals surface area (Å²) in [5.41, 5.74) is 1.70. The number of aromatic nitrogens is 4. The van der Waals surface area contributed by atoms with Crippen LogP contribution in [0.15, 0.2) is 12.7 Å². The van der Waals surface area contributed by atoms with E-state index in [0.717, 1.165) is 67.5 Å². The van der Waals surface area contributed by atoms with E-state index in [2.05, 4.69) is 24.8 Å². The molecular weight excluding hydrogens is 324 g/mol. The van der Waals surface area contributed by atoms with Crippen LogP contribution in [-0.2, 0) is 11.8 Å². The van der Waals surface area contributed by atoms with Gasteiger partial charge in [-0.3, -0.25) is 4.79 Å². The number of imidazole rings is 1. The number of hydrogen-bond donors (Lipinski definition) is 0. The lowest BCUT2D eigenvalue weighted by atomic mass is 9.95. The zero-order chi connectivity index (χ0) is 16.5. The van der Waals surface area contributed by atoms with E-state index in [1.165, 1.54) is 0 Å². The largest absolute Gasteiger partial charge is 0.355 e. The third-order valence-electron chi connectivity index (χ3n) is 4.94. The summed E-state index contributed by atoms with van der Waals surface area (Å²) in [6.07, 6.45) is 5.15. The van der Waals surface area contributed by atoms with Gasteiger partial charge in [0.1, 0.15) is 6.33 Å². The Balaban J connectivity index is 1.44. The predicted molar refractivity (Wildman–Crippen MR) is 95.1 cm³/mol. The molecule has 128 valence electrons. The smallest absolute Gasteiger partial charge is 0.225 e. The van der Waals surface area contributed by atoms with Crippen LogP contribution in [0.25, 0.3) is 11.2 Å². The number of carbonyl (C=O) groups is 1. The van der Waals surface area contributed by atoms with Crippen LogP contribution in [0.4, 0.5) is 5.82 Å². The van der Waals surface area contributed by atoms with E-state index in [0.29, 0.717) is 5.91 Å². The Kier molecular flexibility index (Phi) is 4.30. The first-order chi connectivity index (χ1) is 11.7.